The zero-order chi connectivity index (χ0) is 7.14. The van der Waals surface area contributed by atoms with Gasteiger partial charge in [0.2, 0.25) is 0 Å². The highest BCUT2D eigenvalue weighted by Gasteiger charge is 2.44. The molecule has 0 aromatic heterocycles. The Labute approximate surface area is 60.6 Å². The average molecular weight is 143 g/mol. The number of hydrogen-bond acceptors (Lipinski definition) is 3. The van der Waals surface area contributed by atoms with Crippen LogP contribution >= 0.6 is 0 Å². The Morgan fingerprint density at radius 3 is 2.90 bits per heavy atom. The monoisotopic (exact) mass is 143 g/mol. The molecule has 2 bridgehead atoms. The van der Waals surface area contributed by atoms with E-state index in [1.54, 1.807) is 0 Å². The zero-order valence-electron chi connectivity index (χ0n) is 6.16. The molecule has 2 aliphatic heterocycles. The molecule has 2 fully saturated rings. The third-order valence-corrected chi connectivity index (χ3v) is 2.72. The summed E-state index contributed by atoms with van der Waals surface area (Å²) in [5, 5.41) is 8.94. The van der Waals surface area contributed by atoms with Crippen molar-refractivity contribution in [2.24, 2.45) is 0 Å². The number of aliphatic hydroxyl groups excluding tert-OH is 1. The molecule has 0 aromatic carbocycles. The minimum absolute atomic E-state index is 0.234. The van der Waals surface area contributed by atoms with Crippen LogP contribution in [0.25, 0.3) is 0 Å². The van der Waals surface area contributed by atoms with Gasteiger partial charge in [-0.2, -0.15) is 0 Å². The third-order valence-electron chi connectivity index (χ3n) is 2.72. The Balaban J connectivity index is 2.10. The number of likely N-dealkylation sites (tertiary alicyclic amines) is 1. The van der Waals surface area contributed by atoms with E-state index in [0.717, 1.165) is 13.0 Å². The highest BCUT2D eigenvalue weighted by atomic mass is 16.5. The molecule has 1 N–H and O–H groups in total. The van der Waals surface area contributed by atoms with Gasteiger partial charge in [0.1, 0.15) is 0 Å². The summed E-state index contributed by atoms with van der Waals surface area (Å²) in [6, 6.07) is 0.834. The number of hydrogen-bond donors (Lipinski definition) is 1. The molecule has 0 spiro atoms. The van der Waals surface area contributed by atoms with Crippen molar-refractivity contribution < 1.29 is 9.84 Å². The molecule has 2 aliphatic rings. The number of rotatable bonds is 1. The Hall–Kier alpha value is -0.120. The lowest BCUT2D eigenvalue weighted by atomic mass is 10.2. The molecular weight excluding hydrogens is 130 g/mol. The van der Waals surface area contributed by atoms with Crippen LogP contribution in [0.3, 0.4) is 0 Å². The van der Waals surface area contributed by atoms with Crippen molar-refractivity contribution in [1.82, 2.24) is 4.90 Å². The third kappa shape index (κ3) is 0.713. The summed E-state index contributed by atoms with van der Waals surface area (Å²) in [5.41, 5.74) is 0. The van der Waals surface area contributed by atoms with Crippen LogP contribution < -0.4 is 0 Å². The van der Waals surface area contributed by atoms with E-state index < -0.39 is 0 Å². The van der Waals surface area contributed by atoms with Crippen molar-refractivity contribution in [3.8, 4) is 0 Å². The van der Waals surface area contributed by atoms with Crippen LogP contribution in [-0.4, -0.2) is 48.5 Å². The van der Waals surface area contributed by atoms with Gasteiger partial charge < -0.3 is 9.84 Å². The van der Waals surface area contributed by atoms with Gasteiger partial charge in [0.25, 0.3) is 0 Å². The Morgan fingerprint density at radius 1 is 1.70 bits per heavy atom. The van der Waals surface area contributed by atoms with Crippen LogP contribution in [0.5, 0.6) is 0 Å². The van der Waals surface area contributed by atoms with Gasteiger partial charge in [0.05, 0.1) is 25.4 Å². The van der Waals surface area contributed by atoms with Crippen LogP contribution in [0.2, 0.25) is 0 Å². The number of morpholine rings is 1. The molecule has 2 saturated heterocycles. The van der Waals surface area contributed by atoms with Gasteiger partial charge in [-0.25, -0.2) is 0 Å². The fourth-order valence-corrected chi connectivity index (χ4v) is 1.97. The maximum absolute atomic E-state index is 8.94. The van der Waals surface area contributed by atoms with Gasteiger partial charge in [-0.15, -0.1) is 0 Å². The Kier molecular flexibility index (Phi) is 1.44. The van der Waals surface area contributed by atoms with Crippen LogP contribution in [-0.2, 0) is 4.74 Å². The first kappa shape index (κ1) is 6.58. The second kappa shape index (κ2) is 2.19. The normalized spacial score (nSPS) is 46.8. The van der Waals surface area contributed by atoms with E-state index in [4.69, 9.17) is 9.84 Å². The summed E-state index contributed by atoms with van der Waals surface area (Å²) in [6.07, 6.45) is 1.42. The number of ether oxygens (including phenoxy) is 1. The van der Waals surface area contributed by atoms with Gasteiger partial charge in [0.15, 0.2) is 0 Å². The fourth-order valence-electron chi connectivity index (χ4n) is 1.97. The molecule has 0 aliphatic carbocycles. The van der Waals surface area contributed by atoms with E-state index in [0.29, 0.717) is 12.1 Å². The van der Waals surface area contributed by atoms with Crippen LogP contribution in [0.1, 0.15) is 6.42 Å². The number of nitrogens with zero attached hydrogens (tertiary/aromatic N) is 1. The maximum atomic E-state index is 8.94. The topological polar surface area (TPSA) is 32.7 Å². The number of fused-ring (bicyclic) bond motifs is 2. The predicted molar refractivity (Wildman–Crippen MR) is 36.8 cm³/mol. The second-order valence-electron chi connectivity index (χ2n) is 3.18. The van der Waals surface area contributed by atoms with Gasteiger partial charge in [-0.3, -0.25) is 4.90 Å². The molecule has 0 aromatic rings. The van der Waals surface area contributed by atoms with Gasteiger partial charge in [-0.05, 0) is 13.5 Å². The first-order chi connectivity index (χ1) is 4.83. The van der Waals surface area contributed by atoms with E-state index in [2.05, 4.69) is 11.9 Å². The molecule has 2 heterocycles. The quantitative estimate of drug-likeness (QED) is 0.534. The van der Waals surface area contributed by atoms with Crippen LogP contribution in [0, 0.1) is 0 Å². The highest BCUT2D eigenvalue weighted by Crippen LogP contribution is 2.31. The molecule has 0 amide bonds. The lowest BCUT2D eigenvalue weighted by Gasteiger charge is -2.30. The first-order valence-corrected chi connectivity index (χ1v) is 3.77. The molecule has 0 radical (unpaired) electrons. The molecule has 2 rings (SSSR count). The summed E-state index contributed by atoms with van der Waals surface area (Å²) in [5.74, 6) is 0. The van der Waals surface area contributed by atoms with E-state index in [-0.39, 0.29) is 12.6 Å². The summed E-state index contributed by atoms with van der Waals surface area (Å²) in [4.78, 5) is 2.23. The second-order valence-corrected chi connectivity index (χ2v) is 3.18. The number of aliphatic hydroxyl groups is 1. The van der Waals surface area contributed by atoms with Crippen molar-refractivity contribution in [3.63, 3.8) is 0 Å². The van der Waals surface area contributed by atoms with Crippen molar-refractivity contribution >= 4 is 0 Å². The summed E-state index contributed by atoms with van der Waals surface area (Å²) >= 11 is 0. The summed E-state index contributed by atoms with van der Waals surface area (Å²) in [6.45, 7) is 1.09. The van der Waals surface area contributed by atoms with Crippen molar-refractivity contribution in [3.05, 3.63) is 0 Å². The van der Waals surface area contributed by atoms with E-state index >= 15 is 0 Å². The summed E-state index contributed by atoms with van der Waals surface area (Å²) in [7, 11) is 2.06. The lowest BCUT2D eigenvalue weighted by Crippen LogP contribution is -2.44. The van der Waals surface area contributed by atoms with Gasteiger partial charge >= 0.3 is 0 Å². The zero-order valence-corrected chi connectivity index (χ0v) is 6.16. The molecule has 10 heavy (non-hydrogen) atoms. The Bertz CT molecular complexity index is 138. The minimum atomic E-state index is 0.234. The fraction of sp³-hybridized carbons (Fsp3) is 1.00. The van der Waals surface area contributed by atoms with Gasteiger partial charge in [0, 0.05) is 6.04 Å². The van der Waals surface area contributed by atoms with Crippen molar-refractivity contribution in [2.45, 2.75) is 24.6 Å². The SMILES string of the molecule is CN1C2COC(C2)C1CO. The van der Waals surface area contributed by atoms with E-state index in [1.807, 2.05) is 0 Å². The Morgan fingerprint density at radius 2 is 2.50 bits per heavy atom. The molecule has 3 atom stereocenters. The number of likely N-dealkylation sites (N-methyl/N-ethyl adjacent to an activating group) is 1. The maximum Gasteiger partial charge on any atom is 0.0769 e. The first-order valence-electron chi connectivity index (χ1n) is 3.77. The van der Waals surface area contributed by atoms with Crippen LogP contribution in [0.4, 0.5) is 0 Å². The molecule has 3 unspecified atom stereocenters. The van der Waals surface area contributed by atoms with E-state index in [9.17, 15) is 0 Å². The summed E-state index contributed by atoms with van der Waals surface area (Å²) < 4.78 is 5.42. The smallest absolute Gasteiger partial charge is 0.0769 e. The molecule has 3 heteroatoms. The highest BCUT2D eigenvalue weighted by molar-refractivity contribution is 4.97. The molecule has 0 saturated carbocycles. The van der Waals surface area contributed by atoms with Gasteiger partial charge in [-0.1, -0.05) is 0 Å². The minimum Gasteiger partial charge on any atom is -0.395 e. The van der Waals surface area contributed by atoms with Crippen molar-refractivity contribution in [2.75, 3.05) is 20.3 Å². The predicted octanol–water partition coefficient (Wildman–Crippen LogP) is -0.550. The largest absolute Gasteiger partial charge is 0.395 e. The van der Waals surface area contributed by atoms with Crippen LogP contribution in [0.15, 0.2) is 0 Å². The average Bonchev–Trinajstić information content (AvgIpc) is 2.46. The lowest BCUT2D eigenvalue weighted by molar-refractivity contribution is -0.0228. The molecular formula is C7H13NO2. The standard InChI is InChI=1S/C7H13NO2/c1-8-5-2-7(10-4-5)6(8)3-9/h5-7,9H,2-4H2,1H3. The molecule has 3 nitrogen and oxygen atoms in total. The van der Waals surface area contributed by atoms with Crippen molar-refractivity contribution in [1.29, 1.82) is 0 Å². The molecule has 58 valence electrons. The van der Waals surface area contributed by atoms with E-state index in [1.165, 1.54) is 0 Å².